The number of amides is 1. The van der Waals surface area contributed by atoms with E-state index in [-0.39, 0.29) is 36.9 Å². The number of ketones is 2. The topological polar surface area (TPSA) is 93.9 Å². The van der Waals surface area contributed by atoms with Gasteiger partial charge in [0.2, 0.25) is 5.91 Å². The zero-order valence-corrected chi connectivity index (χ0v) is 18.6. The summed E-state index contributed by atoms with van der Waals surface area (Å²) in [5, 5.41) is 7.51. The van der Waals surface area contributed by atoms with Crippen LogP contribution in [0.2, 0.25) is 5.02 Å². The molecule has 4 rings (SSSR count). The molecular formula is C24H23ClN4O3. The van der Waals surface area contributed by atoms with Crippen molar-refractivity contribution in [3.8, 4) is 5.69 Å². The average Bonchev–Trinajstić information content (AvgIpc) is 3.31. The Labute approximate surface area is 190 Å². The lowest BCUT2D eigenvalue weighted by molar-refractivity contribution is -0.128. The molecule has 3 aromatic rings. The van der Waals surface area contributed by atoms with E-state index in [0.717, 1.165) is 28.1 Å². The quantitative estimate of drug-likeness (QED) is 0.580. The maximum atomic E-state index is 13.1. The number of aromatic nitrogens is 3. The fourth-order valence-electron chi connectivity index (χ4n) is 4.30. The molecule has 2 aromatic heterocycles. The van der Waals surface area contributed by atoms with Crippen LogP contribution >= 0.6 is 11.6 Å². The molecule has 2 atom stereocenters. The number of carbonyl (C=O) groups excluding carboxylic acids is 3. The van der Waals surface area contributed by atoms with Gasteiger partial charge in [-0.25, -0.2) is 4.68 Å². The molecule has 8 heteroatoms. The van der Waals surface area contributed by atoms with Crippen LogP contribution in [0.1, 0.15) is 41.1 Å². The molecule has 1 N–H and O–H groups in total. The van der Waals surface area contributed by atoms with Crippen molar-refractivity contribution in [3.05, 3.63) is 76.3 Å². The standard InChI is InChI=1S/C24H23ClN4O3/c1-14-7-19(29-13-17(25)11-28-29)8-15(2)22(14)23-20(30)9-16(24(23)32)10-21(31)27-12-18-5-3-4-6-26-18/h3-8,11,13,16,23H,9-10,12H2,1-2H3,(H,27,31). The second-order valence-electron chi connectivity index (χ2n) is 8.10. The molecule has 0 bridgehead atoms. The van der Waals surface area contributed by atoms with Gasteiger partial charge in [-0.2, -0.15) is 5.10 Å². The third kappa shape index (κ3) is 4.48. The Morgan fingerprint density at radius 2 is 1.97 bits per heavy atom. The van der Waals surface area contributed by atoms with Gasteiger partial charge in [-0.05, 0) is 54.8 Å². The van der Waals surface area contributed by atoms with Gasteiger partial charge < -0.3 is 5.32 Å². The number of Topliss-reactive ketones (excluding diaryl/α,β-unsaturated/α-hetero) is 2. The number of hydrogen-bond donors (Lipinski definition) is 1. The lowest BCUT2D eigenvalue weighted by atomic mass is 9.87. The van der Waals surface area contributed by atoms with E-state index in [2.05, 4.69) is 15.4 Å². The largest absolute Gasteiger partial charge is 0.350 e. The van der Waals surface area contributed by atoms with Crippen molar-refractivity contribution in [2.75, 3.05) is 0 Å². The Morgan fingerprint density at radius 1 is 1.22 bits per heavy atom. The van der Waals surface area contributed by atoms with Gasteiger partial charge in [0.15, 0.2) is 5.78 Å². The van der Waals surface area contributed by atoms with E-state index >= 15 is 0 Å². The summed E-state index contributed by atoms with van der Waals surface area (Å²) in [6.07, 6.45) is 4.97. The molecular weight excluding hydrogens is 428 g/mol. The van der Waals surface area contributed by atoms with E-state index in [1.165, 1.54) is 0 Å². The smallest absolute Gasteiger partial charge is 0.221 e. The Bertz CT molecular complexity index is 1170. The molecule has 7 nitrogen and oxygen atoms in total. The van der Waals surface area contributed by atoms with Crippen molar-refractivity contribution in [3.63, 3.8) is 0 Å². The van der Waals surface area contributed by atoms with Gasteiger partial charge in [-0.15, -0.1) is 0 Å². The summed E-state index contributed by atoms with van der Waals surface area (Å²) in [7, 11) is 0. The first-order chi connectivity index (χ1) is 15.3. The number of carbonyl (C=O) groups is 3. The highest BCUT2D eigenvalue weighted by molar-refractivity contribution is 6.30. The second kappa shape index (κ2) is 9.04. The van der Waals surface area contributed by atoms with Crippen molar-refractivity contribution in [1.82, 2.24) is 20.1 Å². The molecule has 0 saturated heterocycles. The molecule has 0 aliphatic heterocycles. The van der Waals surface area contributed by atoms with E-state index in [1.54, 1.807) is 29.3 Å². The van der Waals surface area contributed by atoms with Crippen LogP contribution in [-0.2, 0) is 20.9 Å². The Hall–Kier alpha value is -3.32. The summed E-state index contributed by atoms with van der Waals surface area (Å²) in [5.41, 5.74) is 3.92. The number of hydrogen-bond acceptors (Lipinski definition) is 5. The van der Waals surface area contributed by atoms with Gasteiger partial charge in [0.05, 0.1) is 29.1 Å². The van der Waals surface area contributed by atoms with Crippen LogP contribution in [0.25, 0.3) is 5.69 Å². The number of pyridine rings is 1. The predicted molar refractivity (Wildman–Crippen MR) is 120 cm³/mol. The lowest BCUT2D eigenvalue weighted by Gasteiger charge is -2.17. The fraction of sp³-hybridized carbons (Fsp3) is 0.292. The van der Waals surface area contributed by atoms with Gasteiger partial charge in [-0.1, -0.05) is 17.7 Å². The van der Waals surface area contributed by atoms with Gasteiger partial charge in [0.1, 0.15) is 11.7 Å². The summed E-state index contributed by atoms with van der Waals surface area (Å²) in [5.74, 6) is -2.04. The first-order valence-corrected chi connectivity index (χ1v) is 10.8. The molecule has 2 heterocycles. The first kappa shape index (κ1) is 21.9. The molecule has 1 fully saturated rings. The number of aryl methyl sites for hydroxylation is 2. The van der Waals surface area contributed by atoms with Gasteiger partial charge in [-0.3, -0.25) is 19.4 Å². The van der Waals surface area contributed by atoms with Gasteiger partial charge >= 0.3 is 0 Å². The normalized spacial score (nSPS) is 18.2. The lowest BCUT2D eigenvalue weighted by Crippen LogP contribution is -2.27. The predicted octanol–water partition coefficient (Wildman–Crippen LogP) is 3.49. The van der Waals surface area contributed by atoms with E-state index in [9.17, 15) is 14.4 Å². The van der Waals surface area contributed by atoms with Crippen molar-refractivity contribution >= 4 is 29.1 Å². The summed E-state index contributed by atoms with van der Waals surface area (Å²) in [4.78, 5) is 42.5. The van der Waals surface area contributed by atoms with E-state index < -0.39 is 11.8 Å². The Kier molecular flexibility index (Phi) is 6.19. The minimum atomic E-state index is -0.834. The number of halogens is 1. The zero-order chi connectivity index (χ0) is 22.8. The molecule has 32 heavy (non-hydrogen) atoms. The van der Waals surface area contributed by atoms with Crippen LogP contribution in [0.3, 0.4) is 0 Å². The van der Waals surface area contributed by atoms with Crippen molar-refractivity contribution in [1.29, 1.82) is 0 Å². The van der Waals surface area contributed by atoms with Crippen LogP contribution in [-0.4, -0.2) is 32.2 Å². The van der Waals surface area contributed by atoms with Crippen LogP contribution < -0.4 is 5.32 Å². The molecule has 2 unspecified atom stereocenters. The van der Waals surface area contributed by atoms with E-state index in [4.69, 9.17) is 11.6 Å². The number of benzene rings is 1. The summed E-state index contributed by atoms with van der Waals surface area (Å²) in [6, 6.07) is 9.23. The van der Waals surface area contributed by atoms with Crippen molar-refractivity contribution < 1.29 is 14.4 Å². The Balaban J connectivity index is 1.48. The molecule has 1 saturated carbocycles. The zero-order valence-electron chi connectivity index (χ0n) is 17.8. The van der Waals surface area contributed by atoms with E-state index in [1.807, 2.05) is 38.1 Å². The van der Waals surface area contributed by atoms with Crippen molar-refractivity contribution in [2.45, 2.75) is 39.2 Å². The monoisotopic (exact) mass is 450 g/mol. The minimum Gasteiger partial charge on any atom is -0.350 e. The number of rotatable bonds is 6. The van der Waals surface area contributed by atoms with Crippen LogP contribution in [0, 0.1) is 19.8 Å². The molecule has 0 radical (unpaired) electrons. The first-order valence-electron chi connectivity index (χ1n) is 10.4. The summed E-state index contributed by atoms with van der Waals surface area (Å²) < 4.78 is 1.65. The number of nitrogens with zero attached hydrogens (tertiary/aromatic N) is 3. The summed E-state index contributed by atoms with van der Waals surface area (Å²) >= 11 is 5.97. The van der Waals surface area contributed by atoms with Crippen LogP contribution in [0.5, 0.6) is 0 Å². The maximum Gasteiger partial charge on any atom is 0.221 e. The van der Waals surface area contributed by atoms with Gasteiger partial charge in [0, 0.05) is 31.2 Å². The third-order valence-corrected chi connectivity index (χ3v) is 5.96. The van der Waals surface area contributed by atoms with E-state index in [0.29, 0.717) is 5.02 Å². The molecule has 1 aliphatic rings. The molecule has 1 amide bonds. The maximum absolute atomic E-state index is 13.1. The molecule has 164 valence electrons. The van der Waals surface area contributed by atoms with Crippen LogP contribution in [0.15, 0.2) is 48.9 Å². The molecule has 1 aliphatic carbocycles. The third-order valence-electron chi connectivity index (χ3n) is 5.76. The molecule has 0 spiro atoms. The Morgan fingerprint density at radius 3 is 2.59 bits per heavy atom. The highest BCUT2D eigenvalue weighted by Crippen LogP contribution is 2.37. The highest BCUT2D eigenvalue weighted by Gasteiger charge is 2.43. The number of nitrogens with one attached hydrogen (secondary N) is 1. The van der Waals surface area contributed by atoms with Crippen LogP contribution in [0.4, 0.5) is 0 Å². The second-order valence-corrected chi connectivity index (χ2v) is 8.54. The van der Waals surface area contributed by atoms with Gasteiger partial charge in [0.25, 0.3) is 0 Å². The fourth-order valence-corrected chi connectivity index (χ4v) is 4.44. The van der Waals surface area contributed by atoms with Crippen molar-refractivity contribution in [2.24, 2.45) is 5.92 Å². The summed E-state index contributed by atoms with van der Waals surface area (Å²) in [6.45, 7) is 4.05. The highest BCUT2D eigenvalue weighted by atomic mass is 35.5. The average molecular weight is 451 g/mol. The minimum absolute atomic E-state index is 0.00410. The molecule has 1 aromatic carbocycles. The SMILES string of the molecule is Cc1cc(-n2cc(Cl)cn2)cc(C)c1C1C(=O)CC(CC(=O)NCc2ccccn2)C1=O.